The zero-order valence-corrected chi connectivity index (χ0v) is 13.1. The van der Waals surface area contributed by atoms with Crippen LogP contribution < -0.4 is 0 Å². The first-order chi connectivity index (χ1) is 10.4. The van der Waals surface area contributed by atoms with Crippen LogP contribution in [0.25, 0.3) is 0 Å². The van der Waals surface area contributed by atoms with Gasteiger partial charge in [-0.15, -0.1) is 0 Å². The van der Waals surface area contributed by atoms with Crippen LogP contribution in [0.3, 0.4) is 0 Å². The maximum atomic E-state index is 11.1. The van der Waals surface area contributed by atoms with Crippen molar-refractivity contribution in [1.29, 1.82) is 0 Å². The molecule has 0 spiro atoms. The van der Waals surface area contributed by atoms with E-state index in [1.54, 1.807) is 0 Å². The van der Waals surface area contributed by atoms with Crippen LogP contribution in [0.4, 0.5) is 0 Å². The Balaban J connectivity index is 0. The largest absolute Gasteiger partial charge is 0.535 e. The molecule has 24 heavy (non-hydrogen) atoms. The Labute approximate surface area is 146 Å². The van der Waals surface area contributed by atoms with Gasteiger partial charge in [0.2, 0.25) is 11.9 Å². The van der Waals surface area contributed by atoms with Crippen LogP contribution in [0.1, 0.15) is 0 Å². The first-order valence-electron chi connectivity index (χ1n) is 5.07. The Morgan fingerprint density at radius 3 is 1.29 bits per heavy atom. The molecule has 0 atom stereocenters. The van der Waals surface area contributed by atoms with Gasteiger partial charge < -0.3 is 40.2 Å². The fraction of sp³-hybridized carbons (Fsp3) is 0. The monoisotopic (exact) mass is 527 g/mol. The maximum absolute atomic E-state index is 11.1. The van der Waals surface area contributed by atoms with E-state index in [2.05, 4.69) is 0 Å². The number of hydrogen-bond acceptors (Lipinski definition) is 6. The van der Waals surface area contributed by atoms with Crippen molar-refractivity contribution in [3.05, 3.63) is 28.7 Å². The predicted octanol–water partition coefficient (Wildman–Crippen LogP) is -1.91. The molecule has 6 N–H and O–H groups in total. The van der Waals surface area contributed by atoms with E-state index in [0.717, 1.165) is 6.08 Å². The third-order valence-corrected chi connectivity index (χ3v) is 2.05. The van der Waals surface area contributed by atoms with E-state index < -0.39 is 58.5 Å². The average Bonchev–Trinajstić information content (AvgIpc) is 2.34. The normalized spacial score (nSPS) is 11.4. The van der Waals surface area contributed by atoms with E-state index in [1.807, 2.05) is 0 Å². The minimum atomic E-state index is -2.41. The van der Waals surface area contributed by atoms with Crippen LogP contribution in [0.2, 0.25) is 0 Å². The van der Waals surface area contributed by atoms with Crippen LogP contribution >= 0.6 is 0 Å². The van der Waals surface area contributed by atoms with Gasteiger partial charge in [-0.2, -0.15) is 0 Å². The van der Waals surface area contributed by atoms with Crippen molar-refractivity contribution < 1.29 is 81.8 Å². The molecule has 0 aliphatic carbocycles. The molecular weight excluding hydrogens is 521 g/mol. The first kappa shape index (κ1) is 23.2. The molecule has 0 unspecified atom stereocenters. The molecule has 0 aromatic rings. The molecule has 0 fully saturated rings. The number of aliphatic carboxylic acids is 6. The Bertz CT molecular complexity index is 656. The summed E-state index contributed by atoms with van der Waals surface area (Å²) < 4.78 is 0. The molecule has 0 heterocycles. The molecule has 0 bridgehead atoms. The summed E-state index contributed by atoms with van der Waals surface area (Å²) >= 11 is 0. The zero-order chi connectivity index (χ0) is 18.5. The molecule has 0 aromatic heterocycles. The number of carboxylic acid groups (broad SMARTS) is 6. The number of rotatable bonds is 8. The molecular formula is C11H6AuO12-2. The first-order valence-corrected chi connectivity index (χ1v) is 5.07. The summed E-state index contributed by atoms with van der Waals surface area (Å²) in [7, 11) is 0. The molecule has 13 heteroatoms. The van der Waals surface area contributed by atoms with E-state index >= 15 is 0 Å². The minimum absolute atomic E-state index is 0. The van der Waals surface area contributed by atoms with Gasteiger partial charge >= 0.3 is 0 Å². The van der Waals surface area contributed by atoms with Crippen LogP contribution in [0.15, 0.2) is 16.7 Å². The number of carbonyl (C=O) groups is 6. The fourth-order valence-corrected chi connectivity index (χ4v) is 1.31. The van der Waals surface area contributed by atoms with Crippen molar-refractivity contribution in [2.75, 3.05) is 0 Å². The second-order valence-corrected chi connectivity index (χ2v) is 3.46. The Kier molecular flexibility index (Phi) is 8.83. The molecule has 135 valence electrons. The summed E-state index contributed by atoms with van der Waals surface area (Å²) in [6.45, 7) is 0. The molecule has 0 amide bonds. The van der Waals surface area contributed by atoms with Crippen LogP contribution in [-0.4, -0.2) is 66.5 Å². The quantitative estimate of drug-likeness (QED) is 0.0669. The number of carboxylic acids is 6. The SMILES string of the molecule is O=C(O)[C-]=C(C(=O)O)/C(C(=O)O)=C(/C(=O)O)[C-](C(=O)O)C(=O)O.[Au]. The Hall–Kier alpha value is -3.09. The summed E-state index contributed by atoms with van der Waals surface area (Å²) in [5, 5.41) is 52.4. The van der Waals surface area contributed by atoms with Crippen molar-refractivity contribution in [1.82, 2.24) is 0 Å². The molecule has 0 saturated carbocycles. The zero-order valence-electron chi connectivity index (χ0n) is 10.9. The average molecular weight is 527 g/mol. The Morgan fingerprint density at radius 2 is 1.08 bits per heavy atom. The van der Waals surface area contributed by atoms with E-state index in [9.17, 15) is 28.8 Å². The predicted molar refractivity (Wildman–Crippen MR) is 62.8 cm³/mol. The maximum Gasteiger partial charge on any atom is 0.286 e. The molecule has 12 nitrogen and oxygen atoms in total. The molecule has 0 aromatic carbocycles. The van der Waals surface area contributed by atoms with Gasteiger partial charge in [-0.25, -0.2) is 0 Å². The summed E-state index contributed by atoms with van der Waals surface area (Å²) in [6.07, 6.45) is 1.06. The van der Waals surface area contributed by atoms with Crippen molar-refractivity contribution in [3.8, 4) is 0 Å². The van der Waals surface area contributed by atoms with Gasteiger partial charge in [0.05, 0.1) is 0 Å². The van der Waals surface area contributed by atoms with E-state index in [0.29, 0.717) is 0 Å². The third-order valence-electron chi connectivity index (χ3n) is 2.05. The molecule has 0 aliphatic rings. The summed E-state index contributed by atoms with van der Waals surface area (Å²) in [5.74, 6) is -15.9. The Morgan fingerprint density at radius 1 is 0.667 bits per heavy atom. The van der Waals surface area contributed by atoms with Crippen LogP contribution in [0.5, 0.6) is 0 Å². The molecule has 1 radical (unpaired) electrons. The minimum Gasteiger partial charge on any atom is -0.535 e. The molecule has 0 saturated heterocycles. The second kappa shape index (κ2) is 9.14. The van der Waals surface area contributed by atoms with Crippen molar-refractivity contribution >= 4 is 35.8 Å². The summed E-state index contributed by atoms with van der Waals surface area (Å²) in [6, 6.07) is 0. The second-order valence-electron chi connectivity index (χ2n) is 3.46. The van der Waals surface area contributed by atoms with Gasteiger partial charge in [0, 0.05) is 28.3 Å². The van der Waals surface area contributed by atoms with Gasteiger partial charge in [-0.05, 0) is 5.57 Å². The van der Waals surface area contributed by atoms with E-state index in [-0.39, 0.29) is 22.4 Å². The van der Waals surface area contributed by atoms with E-state index in [4.69, 9.17) is 30.6 Å². The molecule has 0 rings (SSSR count). The van der Waals surface area contributed by atoms with Gasteiger partial charge in [0.1, 0.15) is 0 Å². The smallest absolute Gasteiger partial charge is 0.286 e. The van der Waals surface area contributed by atoms with Crippen molar-refractivity contribution in [2.45, 2.75) is 0 Å². The van der Waals surface area contributed by atoms with Crippen LogP contribution in [0, 0.1) is 12.0 Å². The topological polar surface area (TPSA) is 224 Å². The van der Waals surface area contributed by atoms with Gasteiger partial charge in [0.25, 0.3) is 23.9 Å². The van der Waals surface area contributed by atoms with Crippen molar-refractivity contribution in [2.24, 2.45) is 0 Å². The third kappa shape index (κ3) is 5.60. The fourth-order valence-electron chi connectivity index (χ4n) is 1.31. The van der Waals surface area contributed by atoms with Gasteiger partial charge in [-0.3, -0.25) is 19.2 Å². The van der Waals surface area contributed by atoms with Gasteiger partial charge in [-0.1, -0.05) is 17.2 Å². The summed E-state index contributed by atoms with van der Waals surface area (Å²) in [5.41, 5.74) is -5.54. The summed E-state index contributed by atoms with van der Waals surface area (Å²) in [4.78, 5) is 65.2. The number of hydrogen-bond donors (Lipinski definition) is 6. The molecule has 0 aliphatic heterocycles. The standard InChI is InChI=1S/C11H6O12.Au/c12-3(13)1-2(7(14)15)4(8(16)17)5(9(18)19)6(10(20)21)11(22)23;/h(H,12,13)(H,14,15)(H,16,17)(H,18,19)(H,20,21)(H,22,23);/q-2;/b5-4-;. The van der Waals surface area contributed by atoms with Crippen LogP contribution in [-0.2, 0) is 51.1 Å². The van der Waals surface area contributed by atoms with E-state index in [1.165, 1.54) is 0 Å². The van der Waals surface area contributed by atoms with Crippen molar-refractivity contribution in [3.63, 3.8) is 0 Å². The van der Waals surface area contributed by atoms with Gasteiger partial charge in [0.15, 0.2) is 0 Å².